The van der Waals surface area contributed by atoms with Crippen LogP contribution in [0.4, 0.5) is 13.2 Å². The van der Waals surface area contributed by atoms with E-state index in [1.807, 2.05) is 0 Å². The fourth-order valence-corrected chi connectivity index (χ4v) is 1.61. The molecule has 0 saturated heterocycles. The van der Waals surface area contributed by atoms with Crippen LogP contribution in [0, 0.1) is 0 Å². The Morgan fingerprint density at radius 1 is 1.20 bits per heavy atom. The molecule has 0 heterocycles. The van der Waals surface area contributed by atoms with E-state index in [4.69, 9.17) is 16.7 Å². The van der Waals surface area contributed by atoms with Gasteiger partial charge in [-0.05, 0) is 12.8 Å². The van der Waals surface area contributed by atoms with Gasteiger partial charge in [0.15, 0.2) is 6.10 Å². The minimum absolute atomic E-state index is 0.406. The summed E-state index contributed by atoms with van der Waals surface area (Å²) in [6, 6.07) is 0. The summed E-state index contributed by atoms with van der Waals surface area (Å²) < 4.78 is 35.8. The molecule has 0 saturated carbocycles. The highest BCUT2D eigenvalue weighted by Gasteiger charge is 2.38. The van der Waals surface area contributed by atoms with Gasteiger partial charge in [0, 0.05) is 5.38 Å². The molecule has 0 spiro atoms. The highest BCUT2D eigenvalue weighted by atomic mass is 35.5. The zero-order chi connectivity index (χ0) is 11.9. The maximum atomic E-state index is 11.9. The Bertz CT molecular complexity index is 161. The molecule has 15 heavy (non-hydrogen) atoms. The van der Waals surface area contributed by atoms with E-state index >= 15 is 0 Å². The molecule has 1 N–H and O–H groups in total. The molecule has 1 nitrogen and oxygen atoms in total. The van der Waals surface area contributed by atoms with E-state index in [2.05, 4.69) is 6.92 Å². The number of alkyl halides is 4. The number of hydrogen-bond donors (Lipinski definition) is 1. The molecule has 92 valence electrons. The summed E-state index contributed by atoms with van der Waals surface area (Å²) in [4.78, 5) is 0. The van der Waals surface area contributed by atoms with Crippen molar-refractivity contribution in [3.8, 4) is 0 Å². The van der Waals surface area contributed by atoms with Crippen molar-refractivity contribution in [1.29, 1.82) is 0 Å². The Morgan fingerprint density at radius 2 is 1.80 bits per heavy atom. The van der Waals surface area contributed by atoms with Crippen LogP contribution in [0.3, 0.4) is 0 Å². The first-order valence-electron chi connectivity index (χ1n) is 5.26. The molecule has 2 atom stereocenters. The molecule has 0 aromatic rings. The van der Waals surface area contributed by atoms with Crippen LogP contribution >= 0.6 is 11.6 Å². The lowest BCUT2D eigenvalue weighted by Crippen LogP contribution is -2.30. The van der Waals surface area contributed by atoms with Crippen LogP contribution in [0.15, 0.2) is 0 Å². The number of aliphatic hydroxyl groups excluding tert-OH is 1. The zero-order valence-electron chi connectivity index (χ0n) is 8.86. The van der Waals surface area contributed by atoms with Crippen molar-refractivity contribution >= 4 is 11.6 Å². The Hall–Kier alpha value is 0.0400. The summed E-state index contributed by atoms with van der Waals surface area (Å²) in [6.07, 6.45) is -2.73. The molecule has 0 radical (unpaired) electrons. The summed E-state index contributed by atoms with van der Waals surface area (Å²) >= 11 is 5.70. The summed E-state index contributed by atoms with van der Waals surface area (Å²) in [5.41, 5.74) is 0. The smallest absolute Gasteiger partial charge is 0.384 e. The summed E-state index contributed by atoms with van der Waals surface area (Å²) in [5, 5.41) is 8.16. The minimum atomic E-state index is -4.55. The number of rotatable bonds is 7. The van der Waals surface area contributed by atoms with Gasteiger partial charge in [-0.25, -0.2) is 0 Å². The first-order valence-corrected chi connectivity index (χ1v) is 5.70. The van der Waals surface area contributed by atoms with Gasteiger partial charge in [0.2, 0.25) is 0 Å². The standard InChI is InChI=1S/C10H18ClF3O/c1-2-3-4-5-6-8(11)7-9(15)10(12,13)14/h8-9,15H,2-7H2,1H3. The molecular formula is C10H18ClF3O. The summed E-state index contributed by atoms with van der Waals surface area (Å²) in [6.45, 7) is 2.06. The molecule has 2 unspecified atom stereocenters. The van der Waals surface area contributed by atoms with E-state index in [0.717, 1.165) is 25.7 Å². The highest BCUT2D eigenvalue weighted by Crippen LogP contribution is 2.26. The van der Waals surface area contributed by atoms with Crippen molar-refractivity contribution < 1.29 is 18.3 Å². The van der Waals surface area contributed by atoms with E-state index in [0.29, 0.717) is 6.42 Å². The van der Waals surface area contributed by atoms with Crippen molar-refractivity contribution in [2.75, 3.05) is 0 Å². The van der Waals surface area contributed by atoms with Gasteiger partial charge >= 0.3 is 6.18 Å². The lowest BCUT2D eigenvalue weighted by atomic mass is 10.1. The molecule has 0 rings (SSSR count). The Labute approximate surface area is 93.6 Å². The molecule has 0 aliphatic heterocycles. The first-order chi connectivity index (χ1) is 6.88. The van der Waals surface area contributed by atoms with Crippen molar-refractivity contribution in [2.45, 2.75) is 63.1 Å². The van der Waals surface area contributed by atoms with E-state index < -0.39 is 24.1 Å². The number of aliphatic hydroxyl groups is 1. The van der Waals surface area contributed by atoms with Gasteiger partial charge in [-0.1, -0.05) is 32.6 Å². The van der Waals surface area contributed by atoms with Gasteiger partial charge in [-0.3, -0.25) is 0 Å². The van der Waals surface area contributed by atoms with Gasteiger partial charge in [-0.2, -0.15) is 13.2 Å². The predicted molar refractivity (Wildman–Crippen MR) is 55.1 cm³/mol. The van der Waals surface area contributed by atoms with Gasteiger partial charge in [0.05, 0.1) is 0 Å². The number of hydrogen-bond acceptors (Lipinski definition) is 1. The van der Waals surface area contributed by atoms with Crippen LogP contribution in [0.25, 0.3) is 0 Å². The normalized spacial score (nSPS) is 16.4. The average Bonchev–Trinajstić information content (AvgIpc) is 2.11. The third-order valence-corrected chi connectivity index (χ3v) is 2.62. The lowest BCUT2D eigenvalue weighted by molar-refractivity contribution is -0.205. The van der Waals surface area contributed by atoms with E-state index in [1.54, 1.807) is 0 Å². The van der Waals surface area contributed by atoms with Crippen LogP contribution in [0.1, 0.15) is 45.4 Å². The molecule has 0 aliphatic rings. The van der Waals surface area contributed by atoms with E-state index in [1.165, 1.54) is 0 Å². The second kappa shape index (κ2) is 7.34. The Morgan fingerprint density at radius 3 is 2.27 bits per heavy atom. The number of unbranched alkanes of at least 4 members (excludes halogenated alkanes) is 3. The third-order valence-electron chi connectivity index (χ3n) is 2.23. The zero-order valence-corrected chi connectivity index (χ0v) is 9.61. The fraction of sp³-hybridized carbons (Fsp3) is 1.00. The predicted octanol–water partition coefficient (Wildman–Crippen LogP) is 3.88. The quantitative estimate of drug-likeness (QED) is 0.534. The second-order valence-electron chi connectivity index (χ2n) is 3.74. The first kappa shape index (κ1) is 15.0. The van der Waals surface area contributed by atoms with Crippen LogP contribution < -0.4 is 0 Å². The highest BCUT2D eigenvalue weighted by molar-refractivity contribution is 6.20. The lowest BCUT2D eigenvalue weighted by Gasteiger charge is -2.17. The molecule has 0 aromatic carbocycles. The van der Waals surface area contributed by atoms with Crippen molar-refractivity contribution in [3.05, 3.63) is 0 Å². The van der Waals surface area contributed by atoms with Gasteiger partial charge in [0.1, 0.15) is 0 Å². The molecule has 0 fully saturated rings. The molecule has 0 amide bonds. The Kier molecular flexibility index (Phi) is 7.36. The van der Waals surface area contributed by atoms with Crippen molar-refractivity contribution in [1.82, 2.24) is 0 Å². The molecule has 0 aromatic heterocycles. The maximum absolute atomic E-state index is 11.9. The van der Waals surface area contributed by atoms with Crippen LogP contribution in [-0.2, 0) is 0 Å². The van der Waals surface area contributed by atoms with E-state index in [9.17, 15) is 13.2 Å². The summed E-state index contributed by atoms with van der Waals surface area (Å²) in [5.74, 6) is 0. The SMILES string of the molecule is CCCCCCC(Cl)CC(O)C(F)(F)F. The fourth-order valence-electron chi connectivity index (χ4n) is 1.29. The molecular weight excluding hydrogens is 229 g/mol. The van der Waals surface area contributed by atoms with E-state index in [-0.39, 0.29) is 0 Å². The number of halogens is 4. The van der Waals surface area contributed by atoms with Crippen LogP contribution in [0.2, 0.25) is 0 Å². The Balaban J connectivity index is 3.60. The van der Waals surface area contributed by atoms with Gasteiger partial charge in [0.25, 0.3) is 0 Å². The van der Waals surface area contributed by atoms with Crippen LogP contribution in [-0.4, -0.2) is 22.8 Å². The largest absolute Gasteiger partial charge is 0.414 e. The van der Waals surface area contributed by atoms with Crippen LogP contribution in [0.5, 0.6) is 0 Å². The average molecular weight is 247 g/mol. The van der Waals surface area contributed by atoms with Crippen molar-refractivity contribution in [2.24, 2.45) is 0 Å². The van der Waals surface area contributed by atoms with Gasteiger partial charge < -0.3 is 5.11 Å². The van der Waals surface area contributed by atoms with Crippen molar-refractivity contribution in [3.63, 3.8) is 0 Å². The topological polar surface area (TPSA) is 20.2 Å². The second-order valence-corrected chi connectivity index (χ2v) is 4.36. The maximum Gasteiger partial charge on any atom is 0.414 e. The van der Waals surface area contributed by atoms with Gasteiger partial charge in [-0.15, -0.1) is 11.6 Å². The molecule has 0 bridgehead atoms. The monoisotopic (exact) mass is 246 g/mol. The minimum Gasteiger partial charge on any atom is -0.384 e. The summed E-state index contributed by atoms with van der Waals surface area (Å²) in [7, 11) is 0. The molecule has 0 aliphatic carbocycles. The third kappa shape index (κ3) is 7.91. The molecule has 5 heteroatoms.